The van der Waals surface area contributed by atoms with Crippen LogP contribution in [0.1, 0.15) is 19.8 Å². The summed E-state index contributed by atoms with van der Waals surface area (Å²) in [6.07, 6.45) is 3.52. The first-order valence-corrected chi connectivity index (χ1v) is 5.69. The molecule has 0 aliphatic heterocycles. The van der Waals surface area contributed by atoms with Crippen molar-refractivity contribution in [1.29, 1.82) is 0 Å². The van der Waals surface area contributed by atoms with Crippen molar-refractivity contribution >= 4 is 17.4 Å². The highest BCUT2D eigenvalue weighted by Crippen LogP contribution is 2.27. The fraction of sp³-hybridized carbons (Fsp3) is 0.600. The normalized spacial score (nSPS) is 23.9. The maximum Gasteiger partial charge on any atom is 0.271 e. The molecule has 0 atom stereocenters. The van der Waals surface area contributed by atoms with Gasteiger partial charge < -0.3 is 15.0 Å². The molecule has 0 amide bonds. The summed E-state index contributed by atoms with van der Waals surface area (Å²) >= 11 is 5.82. The third-order valence-corrected chi connectivity index (χ3v) is 2.99. The van der Waals surface area contributed by atoms with Crippen LogP contribution in [0.2, 0.25) is 5.02 Å². The van der Waals surface area contributed by atoms with Gasteiger partial charge >= 0.3 is 0 Å². The van der Waals surface area contributed by atoms with Crippen molar-refractivity contribution in [3.8, 4) is 0 Å². The Labute approximate surface area is 98.2 Å². The molecule has 88 valence electrons. The first kappa shape index (κ1) is 11.4. The number of hydrogen-bond donors (Lipinski definition) is 2. The number of aromatic nitrogens is 2. The number of ether oxygens (including phenoxy) is 1. The van der Waals surface area contributed by atoms with Gasteiger partial charge in [-0.05, 0) is 19.8 Å². The molecular formula is C10H14ClN3O2. The van der Waals surface area contributed by atoms with Crippen LogP contribution in [0, 0.1) is 0 Å². The van der Waals surface area contributed by atoms with Gasteiger partial charge in [0.2, 0.25) is 0 Å². The molecule has 0 bridgehead atoms. The minimum absolute atomic E-state index is 0.113. The Morgan fingerprint density at radius 1 is 1.69 bits per heavy atom. The smallest absolute Gasteiger partial charge is 0.271 e. The summed E-state index contributed by atoms with van der Waals surface area (Å²) in [7, 11) is 0. The van der Waals surface area contributed by atoms with E-state index in [2.05, 4.69) is 15.3 Å². The standard InChI is InChI=1S/C10H14ClN3O2/c1-2-16-7-3-6(4-7)14-9-8(11)10(15)13-5-12-9/h5-7H,2-4H2,1H3,(H2,12,13,14,15). The Bertz CT molecular complexity index is 415. The summed E-state index contributed by atoms with van der Waals surface area (Å²) in [5.41, 5.74) is -0.320. The predicted molar refractivity (Wildman–Crippen MR) is 61.9 cm³/mol. The Morgan fingerprint density at radius 3 is 3.12 bits per heavy atom. The topological polar surface area (TPSA) is 67.0 Å². The maximum absolute atomic E-state index is 11.2. The number of anilines is 1. The maximum atomic E-state index is 11.2. The molecule has 1 saturated carbocycles. The Hall–Kier alpha value is -1.07. The van der Waals surface area contributed by atoms with E-state index in [0.29, 0.717) is 18.0 Å². The molecule has 0 unspecified atom stereocenters. The van der Waals surface area contributed by atoms with Gasteiger partial charge in [-0.3, -0.25) is 4.79 Å². The van der Waals surface area contributed by atoms with Gasteiger partial charge in [-0.1, -0.05) is 11.6 Å². The van der Waals surface area contributed by atoms with E-state index in [9.17, 15) is 4.79 Å². The van der Waals surface area contributed by atoms with Crippen LogP contribution in [-0.2, 0) is 4.74 Å². The van der Waals surface area contributed by atoms with Gasteiger partial charge in [-0.15, -0.1) is 0 Å². The summed E-state index contributed by atoms with van der Waals surface area (Å²) in [5, 5.41) is 3.25. The average Bonchev–Trinajstić information content (AvgIpc) is 2.21. The summed E-state index contributed by atoms with van der Waals surface area (Å²) in [5.74, 6) is 0.449. The van der Waals surface area contributed by atoms with Gasteiger partial charge in [0.15, 0.2) is 5.82 Å². The van der Waals surface area contributed by atoms with Gasteiger partial charge in [0.1, 0.15) is 5.02 Å². The second-order valence-electron chi connectivity index (χ2n) is 3.78. The van der Waals surface area contributed by atoms with Gasteiger partial charge in [0, 0.05) is 12.6 Å². The fourth-order valence-electron chi connectivity index (χ4n) is 1.73. The molecule has 1 heterocycles. The molecule has 0 saturated heterocycles. The highest BCUT2D eigenvalue weighted by Gasteiger charge is 2.30. The zero-order valence-electron chi connectivity index (χ0n) is 9.00. The summed E-state index contributed by atoms with van der Waals surface area (Å²) in [6.45, 7) is 2.72. The van der Waals surface area contributed by atoms with Crippen molar-refractivity contribution in [3.63, 3.8) is 0 Å². The van der Waals surface area contributed by atoms with Crippen LogP contribution >= 0.6 is 11.6 Å². The summed E-state index contributed by atoms with van der Waals surface area (Å²) in [4.78, 5) is 17.6. The van der Waals surface area contributed by atoms with E-state index in [1.807, 2.05) is 6.92 Å². The van der Waals surface area contributed by atoms with Gasteiger partial charge in [0.25, 0.3) is 5.56 Å². The van der Waals surface area contributed by atoms with Crippen molar-refractivity contribution in [2.24, 2.45) is 0 Å². The Kier molecular flexibility index (Phi) is 3.46. The molecule has 1 aliphatic carbocycles. The molecule has 1 fully saturated rings. The lowest BCUT2D eigenvalue weighted by atomic mass is 9.89. The lowest BCUT2D eigenvalue weighted by Crippen LogP contribution is -2.41. The van der Waals surface area contributed by atoms with Gasteiger partial charge in [-0.25, -0.2) is 4.98 Å². The molecule has 16 heavy (non-hydrogen) atoms. The highest BCUT2D eigenvalue weighted by molar-refractivity contribution is 6.32. The minimum atomic E-state index is -0.320. The van der Waals surface area contributed by atoms with Crippen LogP contribution in [0.25, 0.3) is 0 Å². The van der Waals surface area contributed by atoms with E-state index in [1.54, 1.807) is 0 Å². The molecule has 0 spiro atoms. The second kappa shape index (κ2) is 4.84. The van der Waals surface area contributed by atoms with Gasteiger partial charge in [0.05, 0.1) is 12.4 Å². The highest BCUT2D eigenvalue weighted by atomic mass is 35.5. The quantitative estimate of drug-likeness (QED) is 0.839. The Morgan fingerprint density at radius 2 is 2.44 bits per heavy atom. The predicted octanol–water partition coefficient (Wildman–Crippen LogP) is 1.40. The lowest BCUT2D eigenvalue weighted by Gasteiger charge is -2.35. The average molecular weight is 244 g/mol. The third kappa shape index (κ3) is 2.36. The van der Waals surface area contributed by atoms with Crippen LogP contribution in [0.3, 0.4) is 0 Å². The minimum Gasteiger partial charge on any atom is -0.378 e. The van der Waals surface area contributed by atoms with E-state index in [-0.39, 0.29) is 10.6 Å². The molecule has 5 nitrogen and oxygen atoms in total. The van der Waals surface area contributed by atoms with Crippen LogP contribution in [0.15, 0.2) is 11.1 Å². The molecule has 0 radical (unpaired) electrons. The third-order valence-electron chi connectivity index (χ3n) is 2.63. The molecule has 2 N–H and O–H groups in total. The van der Waals surface area contributed by atoms with Crippen LogP contribution < -0.4 is 10.9 Å². The fourth-order valence-corrected chi connectivity index (χ4v) is 1.89. The molecule has 1 aliphatic rings. The molecule has 6 heteroatoms. The molecule has 1 aromatic rings. The van der Waals surface area contributed by atoms with Crippen molar-refractivity contribution in [2.45, 2.75) is 31.9 Å². The van der Waals surface area contributed by atoms with E-state index < -0.39 is 0 Å². The van der Waals surface area contributed by atoms with Crippen molar-refractivity contribution in [1.82, 2.24) is 9.97 Å². The van der Waals surface area contributed by atoms with Gasteiger partial charge in [-0.2, -0.15) is 0 Å². The van der Waals surface area contributed by atoms with E-state index in [4.69, 9.17) is 16.3 Å². The summed E-state index contributed by atoms with van der Waals surface area (Å²) < 4.78 is 5.44. The van der Waals surface area contributed by atoms with Crippen LogP contribution in [0.5, 0.6) is 0 Å². The number of halogens is 1. The molecular weight excluding hydrogens is 230 g/mol. The molecule has 0 aromatic carbocycles. The van der Waals surface area contributed by atoms with E-state index >= 15 is 0 Å². The first-order chi connectivity index (χ1) is 7.70. The zero-order valence-corrected chi connectivity index (χ0v) is 9.75. The summed E-state index contributed by atoms with van der Waals surface area (Å²) in [6, 6.07) is 0.295. The SMILES string of the molecule is CCOC1CC(Nc2nc[nH]c(=O)c2Cl)C1. The largest absolute Gasteiger partial charge is 0.378 e. The van der Waals surface area contributed by atoms with Crippen LogP contribution in [0.4, 0.5) is 5.82 Å². The van der Waals surface area contributed by atoms with Crippen molar-refractivity contribution in [3.05, 3.63) is 21.7 Å². The number of nitrogens with one attached hydrogen (secondary N) is 2. The Balaban J connectivity index is 1.92. The second-order valence-corrected chi connectivity index (χ2v) is 4.16. The zero-order chi connectivity index (χ0) is 11.5. The monoisotopic (exact) mass is 243 g/mol. The number of rotatable bonds is 4. The molecule has 2 rings (SSSR count). The van der Waals surface area contributed by atoms with Crippen molar-refractivity contribution < 1.29 is 4.74 Å². The number of aromatic amines is 1. The number of nitrogens with zero attached hydrogens (tertiary/aromatic N) is 1. The van der Waals surface area contributed by atoms with Crippen molar-refractivity contribution in [2.75, 3.05) is 11.9 Å². The number of hydrogen-bond acceptors (Lipinski definition) is 4. The van der Waals surface area contributed by atoms with E-state index in [1.165, 1.54) is 6.33 Å². The number of H-pyrrole nitrogens is 1. The molecule has 1 aromatic heterocycles. The van der Waals surface area contributed by atoms with E-state index in [0.717, 1.165) is 19.4 Å². The first-order valence-electron chi connectivity index (χ1n) is 5.32. The lowest BCUT2D eigenvalue weighted by molar-refractivity contribution is 0.00292. The van der Waals surface area contributed by atoms with Crippen LogP contribution in [-0.4, -0.2) is 28.7 Å².